The summed E-state index contributed by atoms with van der Waals surface area (Å²) in [6.45, 7) is 3.64. The van der Waals surface area contributed by atoms with E-state index in [0.29, 0.717) is 50.5 Å². The molecule has 1 aromatic carbocycles. The summed E-state index contributed by atoms with van der Waals surface area (Å²) in [4.78, 5) is 49.5. The Morgan fingerprint density at radius 3 is 2.50 bits per heavy atom. The van der Waals surface area contributed by atoms with Gasteiger partial charge in [0.2, 0.25) is 5.91 Å². The maximum Gasteiger partial charge on any atom is 0.433 e. The van der Waals surface area contributed by atoms with Gasteiger partial charge >= 0.3 is 6.18 Å². The lowest BCUT2D eigenvalue weighted by Crippen LogP contribution is -2.52. The van der Waals surface area contributed by atoms with E-state index in [1.54, 1.807) is 4.90 Å². The van der Waals surface area contributed by atoms with Gasteiger partial charge in [0.15, 0.2) is 5.82 Å². The zero-order chi connectivity index (χ0) is 35.4. The molecule has 3 amide bonds. The van der Waals surface area contributed by atoms with Crippen LogP contribution >= 0.6 is 11.6 Å². The molecule has 3 aromatic heterocycles. The normalized spacial score (nSPS) is 15.8. The van der Waals surface area contributed by atoms with Crippen LogP contribution in [-0.2, 0) is 28.5 Å². The van der Waals surface area contributed by atoms with E-state index in [4.69, 9.17) is 16.3 Å². The Balaban J connectivity index is 1.09. The van der Waals surface area contributed by atoms with Crippen LogP contribution in [0.2, 0.25) is 5.02 Å². The number of carbonyl (C=O) groups excluding carboxylic acids is 3. The number of benzene rings is 1. The maximum absolute atomic E-state index is 14.0. The Morgan fingerprint density at radius 1 is 1.06 bits per heavy atom. The van der Waals surface area contributed by atoms with Gasteiger partial charge in [0.1, 0.15) is 5.69 Å². The van der Waals surface area contributed by atoms with E-state index in [-0.39, 0.29) is 63.2 Å². The summed E-state index contributed by atoms with van der Waals surface area (Å²) >= 11 is 6.48. The minimum Gasteiger partial charge on any atom is -0.384 e. The molecule has 50 heavy (non-hydrogen) atoms. The highest BCUT2D eigenvalue weighted by Gasteiger charge is 2.38. The van der Waals surface area contributed by atoms with Gasteiger partial charge in [-0.1, -0.05) is 11.6 Å². The molecule has 2 fully saturated rings. The molecule has 0 unspecified atom stereocenters. The Morgan fingerprint density at radius 2 is 1.80 bits per heavy atom. The van der Waals surface area contributed by atoms with Crippen molar-refractivity contribution in [2.24, 2.45) is 5.92 Å². The monoisotopic (exact) mass is 716 g/mol. The zero-order valence-electron chi connectivity index (χ0n) is 27.1. The summed E-state index contributed by atoms with van der Waals surface area (Å²) in [5.41, 5.74) is 0.626. The molecule has 2 aliphatic heterocycles. The number of hydrogen-bond donors (Lipinski definition) is 5. The van der Waals surface area contributed by atoms with Gasteiger partial charge in [-0.25, -0.2) is 4.98 Å². The number of piperazine rings is 1. The predicted molar refractivity (Wildman–Crippen MR) is 176 cm³/mol. The molecule has 2 saturated heterocycles. The molecule has 0 radical (unpaired) electrons. The van der Waals surface area contributed by atoms with Crippen LogP contribution in [0.3, 0.4) is 0 Å². The van der Waals surface area contributed by atoms with Crippen LogP contribution in [0.1, 0.15) is 56.5 Å². The number of nitrogens with one attached hydrogen (secondary N) is 5. The number of H-pyrrole nitrogens is 3. The minimum absolute atomic E-state index is 0.0163. The number of carbonyl (C=O) groups is 3. The molecule has 2 aliphatic rings. The lowest BCUT2D eigenvalue weighted by Gasteiger charge is -2.37. The van der Waals surface area contributed by atoms with Crippen molar-refractivity contribution in [3.63, 3.8) is 0 Å². The highest BCUT2D eigenvalue weighted by molar-refractivity contribution is 6.34. The third-order valence-electron chi connectivity index (χ3n) is 8.92. The van der Waals surface area contributed by atoms with Gasteiger partial charge in [0.25, 0.3) is 11.8 Å². The number of alkyl halides is 3. The second-order valence-electron chi connectivity index (χ2n) is 12.2. The molecule has 0 saturated carbocycles. The lowest BCUT2D eigenvalue weighted by molar-refractivity contribution is -0.141. The number of imidazole rings is 1. The van der Waals surface area contributed by atoms with Crippen molar-refractivity contribution >= 4 is 35.0 Å². The quantitative estimate of drug-likeness (QED) is 0.166. The van der Waals surface area contributed by atoms with Gasteiger partial charge in [-0.2, -0.15) is 23.4 Å². The summed E-state index contributed by atoms with van der Waals surface area (Å²) in [7, 11) is 1.51. The largest absolute Gasteiger partial charge is 0.433 e. The van der Waals surface area contributed by atoms with E-state index in [0.717, 1.165) is 25.9 Å². The molecule has 18 heteroatoms. The molecule has 6 rings (SSSR count). The SMILES string of the molecule is COCCc1[nH]ncc1-c1n[nH]c(C(F)(F)F)c1Cc1cnc(C(=O)Nc2ccc(C(=O)N3CCN(C(=O)C4CCNCC4)CC3)c(Cl)c2)[nH]1. The minimum atomic E-state index is -4.72. The number of methoxy groups -OCH3 is 1. The number of piperidine rings is 1. The third kappa shape index (κ3) is 7.69. The fourth-order valence-corrected chi connectivity index (χ4v) is 6.51. The Kier molecular flexibility index (Phi) is 10.5. The van der Waals surface area contributed by atoms with Gasteiger partial charge < -0.3 is 30.2 Å². The van der Waals surface area contributed by atoms with Crippen molar-refractivity contribution in [2.75, 3.05) is 58.3 Å². The van der Waals surface area contributed by atoms with Gasteiger partial charge in [-0.05, 0) is 44.1 Å². The van der Waals surface area contributed by atoms with Crippen LogP contribution < -0.4 is 10.6 Å². The van der Waals surface area contributed by atoms with E-state index in [2.05, 4.69) is 41.0 Å². The van der Waals surface area contributed by atoms with E-state index in [1.165, 1.54) is 37.7 Å². The molecule has 14 nitrogen and oxygen atoms in total. The van der Waals surface area contributed by atoms with Crippen LogP contribution in [0.15, 0.2) is 30.6 Å². The molecular weight excluding hydrogens is 681 g/mol. The first kappa shape index (κ1) is 35.1. The molecule has 0 bridgehead atoms. The van der Waals surface area contributed by atoms with Crippen LogP contribution in [0, 0.1) is 5.92 Å². The first-order valence-corrected chi connectivity index (χ1v) is 16.5. The Bertz CT molecular complexity index is 1840. The van der Waals surface area contributed by atoms with Crippen LogP contribution in [0.5, 0.6) is 0 Å². The average Bonchev–Trinajstić information content (AvgIpc) is 3.87. The van der Waals surface area contributed by atoms with Crippen molar-refractivity contribution in [2.45, 2.75) is 31.9 Å². The molecule has 5 heterocycles. The van der Waals surface area contributed by atoms with Gasteiger partial charge in [-0.15, -0.1) is 0 Å². The van der Waals surface area contributed by atoms with Crippen molar-refractivity contribution < 1.29 is 32.3 Å². The zero-order valence-corrected chi connectivity index (χ0v) is 27.9. The molecule has 0 atom stereocenters. The third-order valence-corrected chi connectivity index (χ3v) is 9.23. The van der Waals surface area contributed by atoms with Gasteiger partial charge in [-0.3, -0.25) is 24.6 Å². The van der Waals surface area contributed by atoms with E-state index in [1.807, 2.05) is 4.90 Å². The van der Waals surface area contributed by atoms with Crippen molar-refractivity contribution in [3.8, 4) is 11.3 Å². The van der Waals surface area contributed by atoms with E-state index >= 15 is 0 Å². The summed E-state index contributed by atoms with van der Waals surface area (Å²) in [5.74, 6) is -0.936. The maximum atomic E-state index is 14.0. The van der Waals surface area contributed by atoms with Crippen LogP contribution in [-0.4, -0.2) is 111 Å². The number of halogens is 4. The second-order valence-corrected chi connectivity index (χ2v) is 12.6. The van der Waals surface area contributed by atoms with E-state index < -0.39 is 17.8 Å². The number of nitrogens with zero attached hydrogens (tertiary/aromatic N) is 5. The molecule has 0 aliphatic carbocycles. The first-order valence-electron chi connectivity index (χ1n) is 16.1. The number of rotatable bonds is 10. The topological polar surface area (TPSA) is 177 Å². The predicted octanol–water partition coefficient (Wildman–Crippen LogP) is 3.51. The molecule has 0 spiro atoms. The molecule has 4 aromatic rings. The standard InChI is InChI=1S/C32H36ClF3N10O4/c1-50-13-6-25-23(17-39-42-25)26-22(27(44-43-26)32(34,35)36)14-20-16-38-28(40-20)29(47)41-19-2-3-21(24(33)15-19)31(49)46-11-9-45(10-12-46)30(48)18-4-7-37-8-5-18/h2-3,15-18,37H,4-14H2,1H3,(H,38,40)(H,39,42)(H,41,47)(H,43,44). The molecular formula is C32H36ClF3N10O4. The fourth-order valence-electron chi connectivity index (χ4n) is 6.24. The van der Waals surface area contributed by atoms with Crippen molar-refractivity contribution in [3.05, 3.63) is 69.6 Å². The summed E-state index contributed by atoms with van der Waals surface area (Å²) in [5, 5.41) is 18.9. The number of aromatic nitrogens is 6. The fraction of sp³-hybridized carbons (Fsp3) is 0.438. The average molecular weight is 717 g/mol. The smallest absolute Gasteiger partial charge is 0.384 e. The Labute approximate surface area is 289 Å². The Hall–Kier alpha value is -4.74. The number of amides is 3. The van der Waals surface area contributed by atoms with Crippen molar-refractivity contribution in [1.82, 2.24) is 45.5 Å². The second kappa shape index (κ2) is 15.0. The molecule has 5 N–H and O–H groups in total. The van der Waals surface area contributed by atoms with Crippen LogP contribution in [0.25, 0.3) is 11.3 Å². The van der Waals surface area contributed by atoms with Crippen molar-refractivity contribution in [1.29, 1.82) is 0 Å². The number of hydrogen-bond acceptors (Lipinski definition) is 8. The summed E-state index contributed by atoms with van der Waals surface area (Å²) in [6, 6.07) is 4.47. The lowest BCUT2D eigenvalue weighted by atomic mass is 9.96. The summed E-state index contributed by atoms with van der Waals surface area (Å²) < 4.78 is 47.0. The molecule has 266 valence electrons. The van der Waals surface area contributed by atoms with Gasteiger partial charge in [0, 0.05) is 86.4 Å². The number of ether oxygens (including phenoxy) is 1. The van der Waals surface area contributed by atoms with Crippen LogP contribution in [0.4, 0.5) is 18.9 Å². The number of anilines is 1. The highest BCUT2D eigenvalue weighted by Crippen LogP contribution is 2.37. The first-order chi connectivity index (χ1) is 24.0. The van der Waals surface area contributed by atoms with Gasteiger partial charge in [0.05, 0.1) is 29.1 Å². The highest BCUT2D eigenvalue weighted by atomic mass is 35.5. The number of aromatic amines is 3. The summed E-state index contributed by atoms with van der Waals surface area (Å²) in [6.07, 6.45) is -0.290. The van der Waals surface area contributed by atoms with E-state index in [9.17, 15) is 27.6 Å².